The van der Waals surface area contributed by atoms with Gasteiger partial charge in [-0.15, -0.1) is 0 Å². The van der Waals surface area contributed by atoms with Gasteiger partial charge in [-0.3, -0.25) is 4.72 Å². The summed E-state index contributed by atoms with van der Waals surface area (Å²) in [6.45, 7) is 4.92. The molecule has 0 bridgehead atoms. The number of benzene rings is 1. The van der Waals surface area contributed by atoms with Gasteiger partial charge in [0.15, 0.2) is 0 Å². The topological polar surface area (TPSA) is 46.2 Å². The first-order valence-electron chi connectivity index (χ1n) is 4.61. The van der Waals surface area contributed by atoms with Crippen molar-refractivity contribution in [1.29, 1.82) is 0 Å². The molecule has 0 aromatic heterocycles. The predicted octanol–water partition coefficient (Wildman–Crippen LogP) is 3.64. The Morgan fingerprint density at radius 2 is 1.88 bits per heavy atom. The molecule has 0 aliphatic carbocycles. The van der Waals surface area contributed by atoms with Crippen LogP contribution in [0.3, 0.4) is 0 Å². The Morgan fingerprint density at radius 3 is 2.31 bits per heavy atom. The first-order valence-corrected chi connectivity index (χ1v) is 7.26. The highest BCUT2D eigenvalue weighted by atomic mass is 79.9. The Hall–Kier alpha value is -0.260. The molecule has 0 atom stereocenters. The third kappa shape index (κ3) is 3.12. The van der Waals surface area contributed by atoms with Crippen LogP contribution in [-0.2, 0) is 10.0 Å². The van der Waals surface area contributed by atoms with Crippen molar-refractivity contribution < 1.29 is 8.42 Å². The second-order valence-electron chi connectivity index (χ2n) is 4.35. The van der Waals surface area contributed by atoms with E-state index in [0.29, 0.717) is 15.2 Å². The van der Waals surface area contributed by atoms with E-state index in [4.69, 9.17) is 11.6 Å². The molecule has 1 aromatic rings. The number of nitrogens with one attached hydrogen (secondary N) is 1. The van der Waals surface area contributed by atoms with Crippen LogP contribution < -0.4 is 4.72 Å². The summed E-state index contributed by atoms with van der Waals surface area (Å²) in [6, 6.07) is 4.88. The van der Waals surface area contributed by atoms with Gasteiger partial charge >= 0.3 is 0 Å². The van der Waals surface area contributed by atoms with Crippen molar-refractivity contribution in [3.8, 4) is 0 Å². The zero-order valence-corrected chi connectivity index (χ0v) is 12.4. The maximum atomic E-state index is 11.9. The third-order valence-corrected chi connectivity index (χ3v) is 5.31. The quantitative estimate of drug-likeness (QED) is 0.902. The van der Waals surface area contributed by atoms with E-state index in [1.165, 1.54) is 0 Å². The van der Waals surface area contributed by atoms with Crippen LogP contribution in [-0.4, -0.2) is 13.2 Å². The lowest BCUT2D eigenvalue weighted by atomic mass is 10.3. The lowest BCUT2D eigenvalue weighted by Gasteiger charge is -2.20. The molecular weight excluding hydrogens is 314 g/mol. The fourth-order valence-electron chi connectivity index (χ4n) is 0.868. The summed E-state index contributed by atoms with van der Waals surface area (Å²) in [5.74, 6) is 0. The number of hydrogen-bond acceptors (Lipinski definition) is 2. The fraction of sp³-hybridized carbons (Fsp3) is 0.400. The van der Waals surface area contributed by atoms with Gasteiger partial charge < -0.3 is 0 Å². The van der Waals surface area contributed by atoms with Crippen molar-refractivity contribution in [2.24, 2.45) is 0 Å². The lowest BCUT2D eigenvalue weighted by Crippen LogP contribution is -2.33. The molecule has 90 valence electrons. The number of hydrogen-bond donors (Lipinski definition) is 1. The van der Waals surface area contributed by atoms with Crippen molar-refractivity contribution in [2.75, 3.05) is 4.72 Å². The van der Waals surface area contributed by atoms with Gasteiger partial charge in [-0.05, 0) is 54.9 Å². The average molecular weight is 327 g/mol. The molecule has 16 heavy (non-hydrogen) atoms. The molecule has 0 saturated carbocycles. The molecule has 0 aliphatic rings. The summed E-state index contributed by atoms with van der Waals surface area (Å²) < 4.78 is 26.0. The van der Waals surface area contributed by atoms with Crippen molar-refractivity contribution in [3.05, 3.63) is 27.7 Å². The van der Waals surface area contributed by atoms with Gasteiger partial charge in [0.1, 0.15) is 0 Å². The van der Waals surface area contributed by atoms with Gasteiger partial charge in [-0.2, -0.15) is 0 Å². The maximum absolute atomic E-state index is 11.9. The third-order valence-electron chi connectivity index (χ3n) is 1.98. The summed E-state index contributed by atoms with van der Waals surface area (Å²) in [6.07, 6.45) is 0. The molecule has 3 nitrogen and oxygen atoms in total. The monoisotopic (exact) mass is 325 g/mol. The van der Waals surface area contributed by atoms with Crippen LogP contribution in [0, 0.1) is 0 Å². The van der Waals surface area contributed by atoms with E-state index in [1.807, 2.05) is 0 Å². The molecule has 0 radical (unpaired) electrons. The van der Waals surface area contributed by atoms with Crippen LogP contribution in [0.2, 0.25) is 5.02 Å². The molecule has 0 saturated heterocycles. The van der Waals surface area contributed by atoms with Crippen molar-refractivity contribution in [1.82, 2.24) is 0 Å². The Kier molecular flexibility index (Phi) is 3.92. The standard InChI is InChI=1S/C10H13BrClNO2S/c1-10(2,3)16(14,15)13-7-4-5-9(12)8(11)6-7/h4-6,13H,1-3H3. The number of rotatable bonds is 2. The average Bonchev–Trinajstić information content (AvgIpc) is 2.09. The highest BCUT2D eigenvalue weighted by Gasteiger charge is 2.28. The predicted molar refractivity (Wildman–Crippen MR) is 71.4 cm³/mol. The van der Waals surface area contributed by atoms with Gasteiger partial charge in [-0.25, -0.2) is 8.42 Å². The number of sulfonamides is 1. The first kappa shape index (κ1) is 13.8. The van der Waals surface area contributed by atoms with Gasteiger partial charge in [-0.1, -0.05) is 11.6 Å². The summed E-state index contributed by atoms with van der Waals surface area (Å²) in [7, 11) is -3.39. The second kappa shape index (κ2) is 4.55. The van der Waals surface area contributed by atoms with E-state index in [1.54, 1.807) is 39.0 Å². The molecule has 6 heteroatoms. The van der Waals surface area contributed by atoms with Gasteiger partial charge in [0, 0.05) is 10.2 Å². The number of halogens is 2. The van der Waals surface area contributed by atoms with Crippen LogP contribution in [0.15, 0.2) is 22.7 Å². The molecule has 0 aliphatic heterocycles. The summed E-state index contributed by atoms with van der Waals surface area (Å²) in [4.78, 5) is 0. The molecule has 1 N–H and O–H groups in total. The van der Waals surface area contributed by atoms with E-state index < -0.39 is 14.8 Å². The first-order chi connectivity index (χ1) is 7.13. The summed E-state index contributed by atoms with van der Waals surface area (Å²) in [5.41, 5.74) is 0.492. The van der Waals surface area contributed by atoms with E-state index >= 15 is 0 Å². The van der Waals surface area contributed by atoms with Crippen LogP contribution in [0.25, 0.3) is 0 Å². The minimum absolute atomic E-state index is 0.492. The van der Waals surface area contributed by atoms with Crippen LogP contribution in [0.5, 0.6) is 0 Å². The minimum Gasteiger partial charge on any atom is -0.283 e. The second-order valence-corrected chi connectivity index (χ2v) is 8.04. The maximum Gasteiger partial charge on any atom is 0.237 e. The molecule has 0 spiro atoms. The Morgan fingerprint density at radius 1 is 1.31 bits per heavy atom. The van der Waals surface area contributed by atoms with Gasteiger partial charge in [0.05, 0.1) is 9.77 Å². The molecule has 0 unspecified atom stereocenters. The van der Waals surface area contributed by atoms with E-state index in [9.17, 15) is 8.42 Å². The van der Waals surface area contributed by atoms with Crippen molar-refractivity contribution in [3.63, 3.8) is 0 Å². The number of anilines is 1. The highest BCUT2D eigenvalue weighted by molar-refractivity contribution is 9.10. The SMILES string of the molecule is CC(C)(C)S(=O)(=O)Nc1ccc(Cl)c(Br)c1. The fourth-order valence-corrected chi connectivity index (χ4v) is 2.11. The highest BCUT2D eigenvalue weighted by Crippen LogP contribution is 2.27. The molecule has 0 amide bonds. The van der Waals surface area contributed by atoms with Crippen LogP contribution in [0.4, 0.5) is 5.69 Å². The van der Waals surface area contributed by atoms with E-state index in [-0.39, 0.29) is 0 Å². The summed E-state index contributed by atoms with van der Waals surface area (Å²) >= 11 is 9.05. The van der Waals surface area contributed by atoms with E-state index in [0.717, 1.165) is 0 Å². The summed E-state index contributed by atoms with van der Waals surface area (Å²) in [5, 5.41) is 0.540. The molecule has 1 rings (SSSR count). The minimum atomic E-state index is -3.39. The molecule has 0 fully saturated rings. The van der Waals surface area contributed by atoms with Crippen LogP contribution >= 0.6 is 27.5 Å². The Labute approximate surface area is 109 Å². The van der Waals surface area contributed by atoms with Gasteiger partial charge in [0.2, 0.25) is 10.0 Å². The van der Waals surface area contributed by atoms with E-state index in [2.05, 4.69) is 20.7 Å². The molecular formula is C10H13BrClNO2S. The Balaban J connectivity index is 3.03. The van der Waals surface area contributed by atoms with Gasteiger partial charge in [0.25, 0.3) is 0 Å². The molecule has 1 aromatic carbocycles. The van der Waals surface area contributed by atoms with Crippen molar-refractivity contribution in [2.45, 2.75) is 25.5 Å². The zero-order valence-electron chi connectivity index (χ0n) is 9.21. The Bertz CT molecular complexity index is 494. The van der Waals surface area contributed by atoms with Crippen molar-refractivity contribution >= 4 is 43.2 Å². The lowest BCUT2D eigenvalue weighted by molar-refractivity contribution is 0.566. The zero-order chi connectivity index (χ0) is 12.6. The largest absolute Gasteiger partial charge is 0.283 e. The van der Waals surface area contributed by atoms with Crippen LogP contribution in [0.1, 0.15) is 20.8 Å². The normalized spacial score (nSPS) is 12.6. The smallest absolute Gasteiger partial charge is 0.237 e. The molecule has 0 heterocycles.